The van der Waals surface area contributed by atoms with Gasteiger partial charge in [0, 0.05) is 16.9 Å². The molecule has 116 valence electrons. The van der Waals surface area contributed by atoms with Gasteiger partial charge in [0.15, 0.2) is 0 Å². The Morgan fingerprint density at radius 3 is 2.59 bits per heavy atom. The highest BCUT2D eigenvalue weighted by atomic mass is 35.5. The molecule has 1 aromatic carbocycles. The van der Waals surface area contributed by atoms with E-state index in [0.717, 1.165) is 24.1 Å². The molecule has 1 amide bonds. The Labute approximate surface area is 133 Å². The Morgan fingerprint density at radius 2 is 2.00 bits per heavy atom. The van der Waals surface area contributed by atoms with Crippen molar-refractivity contribution in [2.75, 3.05) is 13.2 Å². The van der Waals surface area contributed by atoms with Gasteiger partial charge in [-0.3, -0.25) is 9.59 Å². The second kappa shape index (κ2) is 6.08. The van der Waals surface area contributed by atoms with Crippen molar-refractivity contribution in [3.63, 3.8) is 0 Å². The summed E-state index contributed by atoms with van der Waals surface area (Å²) in [6, 6.07) is 7.40. The average Bonchev–Trinajstić information content (AvgIpc) is 2.44. The quantitative estimate of drug-likeness (QED) is 0.801. The van der Waals surface area contributed by atoms with E-state index >= 15 is 0 Å². The zero-order valence-electron chi connectivity index (χ0n) is 12.3. The molecule has 0 saturated heterocycles. The fourth-order valence-electron chi connectivity index (χ4n) is 2.90. The number of amides is 1. The first kappa shape index (κ1) is 15.0. The Balaban J connectivity index is 1.88. The maximum atomic E-state index is 12.3. The van der Waals surface area contributed by atoms with Gasteiger partial charge in [-0.25, -0.2) is 5.01 Å². The number of hydrazone groups is 1. The summed E-state index contributed by atoms with van der Waals surface area (Å²) in [6.45, 7) is 1.90. The van der Waals surface area contributed by atoms with Crippen molar-refractivity contribution in [1.82, 2.24) is 5.01 Å². The molecule has 2 atom stereocenters. The molecule has 2 aliphatic rings. The molecule has 1 aromatic rings. The van der Waals surface area contributed by atoms with Crippen LogP contribution in [0.1, 0.15) is 25.3 Å². The predicted octanol–water partition coefficient (Wildman–Crippen LogP) is 2.48. The van der Waals surface area contributed by atoms with Crippen LogP contribution < -0.4 is 0 Å². The van der Waals surface area contributed by atoms with Gasteiger partial charge in [0.1, 0.15) is 6.54 Å². The third-order valence-corrected chi connectivity index (χ3v) is 4.40. The largest absolute Gasteiger partial charge is 0.465 e. The number of ether oxygens (including phenoxy) is 1. The summed E-state index contributed by atoms with van der Waals surface area (Å²) in [4.78, 5) is 24.0. The molecule has 1 aliphatic carbocycles. The molecular weight excluding hydrogens is 304 g/mol. The first-order chi connectivity index (χ1) is 10.6. The number of esters is 1. The van der Waals surface area contributed by atoms with E-state index in [2.05, 4.69) is 5.10 Å². The lowest BCUT2D eigenvalue weighted by atomic mass is 9.68. The van der Waals surface area contributed by atoms with Crippen LogP contribution in [-0.2, 0) is 14.3 Å². The summed E-state index contributed by atoms with van der Waals surface area (Å²) >= 11 is 5.92. The molecule has 3 rings (SSSR count). The van der Waals surface area contributed by atoms with Crippen LogP contribution in [0, 0.1) is 11.8 Å². The molecule has 0 aromatic heterocycles. The standard InChI is InChI=1S/C16H17ClN2O3/c1-2-22-14(20)9-19-16(21)13-8-7-12(13)15(18-19)10-3-5-11(17)6-4-10/h3-6,12-13H,2,7-9H2,1H3. The normalized spacial score (nSPS) is 23.5. The van der Waals surface area contributed by atoms with Crippen LogP contribution in [0.25, 0.3) is 0 Å². The molecule has 0 bridgehead atoms. The highest BCUT2D eigenvalue weighted by Crippen LogP contribution is 2.41. The first-order valence-corrected chi connectivity index (χ1v) is 7.79. The van der Waals surface area contributed by atoms with E-state index < -0.39 is 5.97 Å². The minimum Gasteiger partial charge on any atom is -0.465 e. The summed E-state index contributed by atoms with van der Waals surface area (Å²) in [5.74, 6) is -0.445. The number of halogens is 1. The van der Waals surface area contributed by atoms with Gasteiger partial charge in [0.25, 0.3) is 0 Å². The van der Waals surface area contributed by atoms with E-state index in [1.807, 2.05) is 12.1 Å². The van der Waals surface area contributed by atoms with Crippen LogP contribution >= 0.6 is 11.6 Å². The number of benzene rings is 1. The monoisotopic (exact) mass is 320 g/mol. The van der Waals surface area contributed by atoms with Gasteiger partial charge >= 0.3 is 5.97 Å². The molecule has 6 heteroatoms. The Morgan fingerprint density at radius 1 is 1.32 bits per heavy atom. The molecule has 1 saturated carbocycles. The zero-order valence-corrected chi connectivity index (χ0v) is 13.0. The van der Waals surface area contributed by atoms with Gasteiger partial charge < -0.3 is 4.74 Å². The maximum Gasteiger partial charge on any atom is 0.327 e. The lowest BCUT2D eigenvalue weighted by Gasteiger charge is -2.42. The Hall–Kier alpha value is -1.88. The highest BCUT2D eigenvalue weighted by Gasteiger charge is 2.46. The van der Waals surface area contributed by atoms with Gasteiger partial charge in [-0.15, -0.1) is 0 Å². The molecule has 2 unspecified atom stereocenters. The number of hydrogen-bond acceptors (Lipinski definition) is 4. The summed E-state index contributed by atoms with van der Waals surface area (Å²) in [5.41, 5.74) is 1.80. The van der Waals surface area contributed by atoms with Crippen molar-refractivity contribution in [2.24, 2.45) is 16.9 Å². The fraction of sp³-hybridized carbons (Fsp3) is 0.438. The minimum atomic E-state index is -0.437. The van der Waals surface area contributed by atoms with Crippen LogP contribution in [-0.4, -0.2) is 35.7 Å². The number of carbonyl (C=O) groups is 2. The third kappa shape index (κ3) is 2.73. The van der Waals surface area contributed by atoms with E-state index in [1.165, 1.54) is 5.01 Å². The lowest BCUT2D eigenvalue weighted by Crippen LogP contribution is -2.51. The van der Waals surface area contributed by atoms with Gasteiger partial charge in [-0.2, -0.15) is 5.10 Å². The van der Waals surface area contributed by atoms with Crippen molar-refractivity contribution in [1.29, 1.82) is 0 Å². The van der Waals surface area contributed by atoms with E-state index in [1.54, 1.807) is 19.1 Å². The minimum absolute atomic E-state index is 0.0717. The molecule has 0 radical (unpaired) electrons. The molecule has 1 heterocycles. The van der Waals surface area contributed by atoms with Crippen LogP contribution in [0.4, 0.5) is 0 Å². The van der Waals surface area contributed by atoms with E-state index in [9.17, 15) is 9.59 Å². The highest BCUT2D eigenvalue weighted by molar-refractivity contribution is 6.30. The second-order valence-electron chi connectivity index (χ2n) is 5.48. The van der Waals surface area contributed by atoms with Gasteiger partial charge in [-0.05, 0) is 37.5 Å². The number of rotatable bonds is 4. The van der Waals surface area contributed by atoms with Crippen molar-refractivity contribution in [3.05, 3.63) is 34.9 Å². The number of nitrogens with zero attached hydrogens (tertiary/aromatic N) is 2. The average molecular weight is 321 g/mol. The van der Waals surface area contributed by atoms with Crippen molar-refractivity contribution < 1.29 is 14.3 Å². The first-order valence-electron chi connectivity index (χ1n) is 7.41. The van der Waals surface area contributed by atoms with Crippen molar-refractivity contribution >= 4 is 29.2 Å². The van der Waals surface area contributed by atoms with Crippen molar-refractivity contribution in [2.45, 2.75) is 19.8 Å². The third-order valence-electron chi connectivity index (χ3n) is 4.15. The van der Waals surface area contributed by atoms with E-state index in [0.29, 0.717) is 11.6 Å². The molecule has 22 heavy (non-hydrogen) atoms. The summed E-state index contributed by atoms with van der Waals surface area (Å²) < 4.78 is 4.91. The molecule has 0 spiro atoms. The molecular formula is C16H17ClN2O3. The van der Waals surface area contributed by atoms with Crippen LogP contribution in [0.15, 0.2) is 29.4 Å². The summed E-state index contributed by atoms with van der Waals surface area (Å²) in [7, 11) is 0. The topological polar surface area (TPSA) is 59.0 Å². The molecule has 0 N–H and O–H groups in total. The number of carbonyl (C=O) groups excluding carboxylic acids is 2. The molecule has 5 nitrogen and oxygen atoms in total. The number of hydrogen-bond donors (Lipinski definition) is 0. The molecule has 1 fully saturated rings. The van der Waals surface area contributed by atoms with Gasteiger partial charge in [-0.1, -0.05) is 23.7 Å². The molecule has 1 aliphatic heterocycles. The van der Waals surface area contributed by atoms with E-state index in [-0.39, 0.29) is 24.3 Å². The predicted molar refractivity (Wildman–Crippen MR) is 82.5 cm³/mol. The smallest absolute Gasteiger partial charge is 0.327 e. The van der Waals surface area contributed by atoms with Crippen LogP contribution in [0.5, 0.6) is 0 Å². The Kier molecular flexibility index (Phi) is 4.16. The van der Waals surface area contributed by atoms with E-state index in [4.69, 9.17) is 16.3 Å². The van der Waals surface area contributed by atoms with Gasteiger partial charge in [0.2, 0.25) is 5.91 Å². The van der Waals surface area contributed by atoms with Gasteiger partial charge in [0.05, 0.1) is 12.3 Å². The SMILES string of the molecule is CCOC(=O)CN1N=C(c2ccc(Cl)cc2)C2CCC2C1=O. The Bertz CT molecular complexity index is 627. The summed E-state index contributed by atoms with van der Waals surface area (Å²) in [5, 5.41) is 6.33. The summed E-state index contributed by atoms with van der Waals surface area (Å²) in [6.07, 6.45) is 1.79. The maximum absolute atomic E-state index is 12.3. The van der Waals surface area contributed by atoms with Crippen molar-refractivity contribution in [3.8, 4) is 0 Å². The fourth-order valence-corrected chi connectivity index (χ4v) is 3.03. The second-order valence-corrected chi connectivity index (χ2v) is 5.92. The number of fused-ring (bicyclic) bond motifs is 1. The zero-order chi connectivity index (χ0) is 15.7. The lowest BCUT2D eigenvalue weighted by molar-refractivity contribution is -0.152. The van der Waals surface area contributed by atoms with Crippen LogP contribution in [0.3, 0.4) is 0 Å². The van der Waals surface area contributed by atoms with Crippen LogP contribution in [0.2, 0.25) is 5.02 Å².